The number of hydrogen-bond acceptors (Lipinski definition) is 3. The Bertz CT molecular complexity index is 598. The van der Waals surface area contributed by atoms with Gasteiger partial charge in [-0.1, -0.05) is 0 Å². The van der Waals surface area contributed by atoms with Crippen LogP contribution in [-0.2, 0) is 4.57 Å². The van der Waals surface area contributed by atoms with Crippen molar-refractivity contribution in [3.63, 3.8) is 0 Å². The first-order chi connectivity index (χ1) is 7.88. The van der Waals surface area contributed by atoms with Crippen LogP contribution in [0.25, 0.3) is 5.69 Å². The van der Waals surface area contributed by atoms with Gasteiger partial charge in [-0.15, -0.1) is 0 Å². The predicted molar refractivity (Wildman–Crippen MR) is 71.8 cm³/mol. The summed E-state index contributed by atoms with van der Waals surface area (Å²) in [6, 6.07) is 5.50. The minimum absolute atomic E-state index is 0.575. The van der Waals surface area contributed by atoms with Crippen LogP contribution in [0, 0.1) is 6.92 Å². The maximum absolute atomic E-state index is 12.1. The largest absolute Gasteiger partial charge is 0.398 e. The van der Waals surface area contributed by atoms with E-state index in [1.807, 2.05) is 25.3 Å². The first kappa shape index (κ1) is 11.9. The zero-order chi connectivity index (χ0) is 12.6. The molecule has 0 bridgehead atoms. The number of hydrogen-bond donors (Lipinski definition) is 1. The fraction of sp³-hybridized carbons (Fsp3) is 0.250. The average molecular weight is 249 g/mol. The Morgan fingerprint density at radius 2 is 2.06 bits per heavy atom. The highest BCUT2D eigenvalue weighted by molar-refractivity contribution is 7.70. The second-order valence-corrected chi connectivity index (χ2v) is 7.74. The number of aromatic nitrogens is 2. The zero-order valence-electron chi connectivity index (χ0n) is 10.2. The van der Waals surface area contributed by atoms with Crippen LogP contribution in [-0.4, -0.2) is 23.1 Å². The van der Waals surface area contributed by atoms with Crippen molar-refractivity contribution in [2.24, 2.45) is 0 Å². The maximum Gasteiger partial charge on any atom is 0.111 e. The molecule has 4 nitrogen and oxygen atoms in total. The first-order valence-electron chi connectivity index (χ1n) is 5.34. The zero-order valence-corrected chi connectivity index (χ0v) is 11.1. The molecule has 0 radical (unpaired) electrons. The van der Waals surface area contributed by atoms with Crippen molar-refractivity contribution < 1.29 is 4.57 Å². The van der Waals surface area contributed by atoms with Gasteiger partial charge in [0, 0.05) is 17.2 Å². The van der Waals surface area contributed by atoms with Gasteiger partial charge in [-0.3, -0.25) is 0 Å². The number of anilines is 1. The molecule has 0 saturated carbocycles. The van der Waals surface area contributed by atoms with Crippen LogP contribution in [0.3, 0.4) is 0 Å². The Labute approximate surface area is 101 Å². The van der Waals surface area contributed by atoms with Crippen LogP contribution in [0.1, 0.15) is 5.56 Å². The minimum Gasteiger partial charge on any atom is -0.398 e. The minimum atomic E-state index is -2.36. The molecule has 0 aliphatic carbocycles. The van der Waals surface area contributed by atoms with Gasteiger partial charge < -0.3 is 10.3 Å². The van der Waals surface area contributed by atoms with Gasteiger partial charge in [0.25, 0.3) is 0 Å². The molecule has 2 aromatic rings. The summed E-state index contributed by atoms with van der Waals surface area (Å²) in [5.41, 5.74) is 8.40. The van der Waals surface area contributed by atoms with Crippen LogP contribution < -0.4 is 11.0 Å². The van der Waals surface area contributed by atoms with E-state index in [-0.39, 0.29) is 0 Å². The lowest BCUT2D eigenvalue weighted by atomic mass is 10.3. The quantitative estimate of drug-likeness (QED) is 0.654. The third kappa shape index (κ3) is 2.42. The van der Waals surface area contributed by atoms with E-state index in [2.05, 4.69) is 5.10 Å². The fourth-order valence-electron chi connectivity index (χ4n) is 1.69. The van der Waals surface area contributed by atoms with E-state index >= 15 is 0 Å². The summed E-state index contributed by atoms with van der Waals surface area (Å²) < 4.78 is 13.9. The van der Waals surface area contributed by atoms with Crippen molar-refractivity contribution >= 4 is 18.1 Å². The van der Waals surface area contributed by atoms with Crippen molar-refractivity contribution in [1.82, 2.24) is 9.78 Å². The molecule has 1 aromatic carbocycles. The third-order valence-corrected chi connectivity index (χ3v) is 4.12. The average Bonchev–Trinajstić information content (AvgIpc) is 2.64. The Morgan fingerprint density at radius 3 is 2.59 bits per heavy atom. The van der Waals surface area contributed by atoms with Crippen molar-refractivity contribution in [2.75, 3.05) is 19.1 Å². The number of benzene rings is 1. The molecular weight excluding hydrogens is 233 g/mol. The summed E-state index contributed by atoms with van der Waals surface area (Å²) in [7, 11) is -2.36. The van der Waals surface area contributed by atoms with Crippen LogP contribution in [0.5, 0.6) is 0 Å². The monoisotopic (exact) mass is 249 g/mol. The molecule has 0 atom stereocenters. The van der Waals surface area contributed by atoms with Crippen molar-refractivity contribution in [3.8, 4) is 5.69 Å². The molecule has 2 N–H and O–H groups in total. The highest BCUT2D eigenvalue weighted by Crippen LogP contribution is 2.37. The van der Waals surface area contributed by atoms with Gasteiger partial charge in [0.1, 0.15) is 7.14 Å². The van der Waals surface area contributed by atoms with Gasteiger partial charge in [-0.05, 0) is 44.0 Å². The SMILES string of the molecule is Cc1cnn(-c2ccc(N)c(P(C)(C)=O)c2)c1. The lowest BCUT2D eigenvalue weighted by molar-refractivity contribution is 0.588. The van der Waals surface area contributed by atoms with Gasteiger partial charge in [0.05, 0.1) is 11.9 Å². The van der Waals surface area contributed by atoms with Crippen molar-refractivity contribution in [2.45, 2.75) is 6.92 Å². The van der Waals surface area contributed by atoms with Gasteiger partial charge in [0.15, 0.2) is 0 Å². The van der Waals surface area contributed by atoms with Gasteiger partial charge in [-0.25, -0.2) is 4.68 Å². The summed E-state index contributed by atoms with van der Waals surface area (Å²) in [6.45, 7) is 5.42. The van der Waals surface area contributed by atoms with Crippen molar-refractivity contribution in [3.05, 3.63) is 36.2 Å². The highest BCUT2D eigenvalue weighted by Gasteiger charge is 2.15. The molecule has 0 aliphatic heterocycles. The van der Waals surface area contributed by atoms with E-state index in [1.165, 1.54) is 0 Å². The summed E-state index contributed by atoms with van der Waals surface area (Å²) in [4.78, 5) is 0. The lowest BCUT2D eigenvalue weighted by Crippen LogP contribution is -2.11. The molecule has 0 fully saturated rings. The molecule has 5 heteroatoms. The van der Waals surface area contributed by atoms with E-state index < -0.39 is 7.14 Å². The molecular formula is C12H16N3OP. The highest BCUT2D eigenvalue weighted by atomic mass is 31.2. The molecule has 0 saturated heterocycles. The first-order valence-corrected chi connectivity index (χ1v) is 7.95. The van der Waals surface area contributed by atoms with E-state index in [0.717, 1.165) is 11.3 Å². The molecule has 17 heavy (non-hydrogen) atoms. The van der Waals surface area contributed by atoms with E-state index in [9.17, 15) is 4.57 Å². The Hall–Kier alpha value is -1.54. The van der Waals surface area contributed by atoms with Crippen LogP contribution >= 0.6 is 7.14 Å². The maximum atomic E-state index is 12.1. The van der Waals surface area contributed by atoms with Crippen LogP contribution in [0.2, 0.25) is 0 Å². The molecule has 2 rings (SSSR count). The third-order valence-electron chi connectivity index (χ3n) is 2.57. The topological polar surface area (TPSA) is 60.9 Å². The van der Waals surface area contributed by atoms with Gasteiger partial charge >= 0.3 is 0 Å². The molecule has 1 aromatic heterocycles. The number of aryl methyl sites for hydroxylation is 1. The molecule has 0 amide bonds. The summed E-state index contributed by atoms with van der Waals surface area (Å²) in [6.07, 6.45) is 3.71. The van der Waals surface area contributed by atoms with E-state index in [0.29, 0.717) is 11.0 Å². The summed E-state index contributed by atoms with van der Waals surface area (Å²) >= 11 is 0. The number of nitrogens with zero attached hydrogens (tertiary/aromatic N) is 2. The molecule has 1 heterocycles. The second-order valence-electron chi connectivity index (χ2n) is 4.56. The molecule has 90 valence electrons. The molecule has 0 spiro atoms. The van der Waals surface area contributed by atoms with Crippen LogP contribution in [0.4, 0.5) is 5.69 Å². The number of nitrogen functional groups attached to an aromatic ring is 1. The van der Waals surface area contributed by atoms with Crippen LogP contribution in [0.15, 0.2) is 30.6 Å². The normalized spacial score (nSPS) is 11.7. The van der Waals surface area contributed by atoms with E-state index in [4.69, 9.17) is 5.73 Å². The molecule has 0 aliphatic rings. The second kappa shape index (κ2) is 4.04. The lowest BCUT2D eigenvalue weighted by Gasteiger charge is -2.12. The standard InChI is InChI=1S/C12H16N3OP/c1-9-7-14-15(8-9)10-4-5-11(13)12(6-10)17(2,3)16/h4-8H,13H2,1-3H3. The summed E-state index contributed by atoms with van der Waals surface area (Å²) in [5, 5.41) is 4.94. The number of rotatable bonds is 2. The Balaban J connectivity index is 2.55. The number of nitrogens with two attached hydrogens (primary N) is 1. The van der Waals surface area contributed by atoms with Crippen molar-refractivity contribution in [1.29, 1.82) is 0 Å². The summed E-state index contributed by atoms with van der Waals surface area (Å²) in [5.74, 6) is 0. The smallest absolute Gasteiger partial charge is 0.111 e. The van der Waals surface area contributed by atoms with Gasteiger partial charge in [-0.2, -0.15) is 5.10 Å². The predicted octanol–water partition coefficient (Wildman–Crippen LogP) is 2.01. The Kier molecular flexibility index (Phi) is 2.84. The Morgan fingerprint density at radius 1 is 1.35 bits per heavy atom. The molecule has 0 unspecified atom stereocenters. The van der Waals surface area contributed by atoms with Gasteiger partial charge in [0.2, 0.25) is 0 Å². The fourth-order valence-corrected chi connectivity index (χ4v) is 2.83. The van der Waals surface area contributed by atoms with E-state index in [1.54, 1.807) is 30.3 Å².